The molecule has 132 valence electrons. The molecular formula is C18H19N7O. The van der Waals surface area contributed by atoms with E-state index in [0.29, 0.717) is 17.9 Å². The van der Waals surface area contributed by atoms with Crippen LogP contribution in [-0.2, 0) is 6.54 Å². The molecule has 3 aromatic heterocycles. The van der Waals surface area contributed by atoms with Crippen molar-refractivity contribution in [1.82, 2.24) is 30.0 Å². The summed E-state index contributed by atoms with van der Waals surface area (Å²) in [4.78, 5) is 27.3. The zero-order valence-electron chi connectivity index (χ0n) is 14.2. The monoisotopic (exact) mass is 349 g/mol. The lowest BCUT2D eigenvalue weighted by Gasteiger charge is -2.16. The molecule has 0 aliphatic carbocycles. The van der Waals surface area contributed by atoms with Crippen LogP contribution in [0, 0.1) is 0 Å². The number of amides is 1. The fourth-order valence-corrected chi connectivity index (χ4v) is 2.95. The number of aromatic nitrogens is 5. The van der Waals surface area contributed by atoms with E-state index >= 15 is 0 Å². The van der Waals surface area contributed by atoms with Crippen LogP contribution in [0.4, 0.5) is 5.82 Å². The Morgan fingerprint density at radius 1 is 1.12 bits per heavy atom. The number of carbonyl (C=O) groups is 1. The molecular weight excluding hydrogens is 330 g/mol. The number of hydrogen-bond donors (Lipinski definition) is 1. The number of rotatable bonds is 5. The normalized spacial score (nSPS) is 13.8. The van der Waals surface area contributed by atoms with Crippen LogP contribution in [0.1, 0.15) is 28.8 Å². The minimum atomic E-state index is -0.169. The van der Waals surface area contributed by atoms with Gasteiger partial charge in [-0.15, -0.1) is 0 Å². The summed E-state index contributed by atoms with van der Waals surface area (Å²) in [6, 6.07) is 7.37. The first-order valence-corrected chi connectivity index (χ1v) is 8.59. The highest BCUT2D eigenvalue weighted by atomic mass is 16.1. The van der Waals surface area contributed by atoms with Crippen LogP contribution in [0.2, 0.25) is 0 Å². The molecule has 26 heavy (non-hydrogen) atoms. The Morgan fingerprint density at radius 2 is 2.00 bits per heavy atom. The minimum Gasteiger partial charge on any atom is -0.357 e. The molecule has 8 nitrogen and oxygen atoms in total. The fourth-order valence-electron chi connectivity index (χ4n) is 2.95. The van der Waals surface area contributed by atoms with Crippen LogP contribution >= 0.6 is 0 Å². The van der Waals surface area contributed by atoms with Crippen molar-refractivity contribution in [1.29, 1.82) is 0 Å². The maximum absolute atomic E-state index is 12.4. The van der Waals surface area contributed by atoms with Gasteiger partial charge in [-0.3, -0.25) is 4.79 Å². The number of pyridine rings is 2. The minimum absolute atomic E-state index is 0.169. The van der Waals surface area contributed by atoms with E-state index in [1.165, 1.54) is 30.2 Å². The third-order valence-corrected chi connectivity index (χ3v) is 4.35. The number of nitrogens with one attached hydrogen (secondary N) is 1. The van der Waals surface area contributed by atoms with E-state index in [4.69, 9.17) is 0 Å². The van der Waals surface area contributed by atoms with Gasteiger partial charge in [0.25, 0.3) is 5.91 Å². The number of anilines is 1. The van der Waals surface area contributed by atoms with E-state index in [1.54, 1.807) is 18.3 Å². The van der Waals surface area contributed by atoms with Crippen molar-refractivity contribution >= 4 is 11.7 Å². The summed E-state index contributed by atoms with van der Waals surface area (Å²) in [5, 5.41) is 6.93. The third-order valence-electron chi connectivity index (χ3n) is 4.35. The molecule has 8 heteroatoms. The summed E-state index contributed by atoms with van der Waals surface area (Å²) in [6.45, 7) is 2.56. The van der Waals surface area contributed by atoms with Crippen molar-refractivity contribution in [2.24, 2.45) is 0 Å². The van der Waals surface area contributed by atoms with Crippen LogP contribution in [0.15, 0.2) is 49.3 Å². The highest BCUT2D eigenvalue weighted by molar-refractivity contribution is 5.94. The van der Waals surface area contributed by atoms with Crippen LogP contribution in [0.3, 0.4) is 0 Å². The Kier molecular flexibility index (Phi) is 4.55. The van der Waals surface area contributed by atoms with Crippen molar-refractivity contribution < 1.29 is 4.79 Å². The first-order valence-electron chi connectivity index (χ1n) is 8.59. The molecule has 0 unspecified atom stereocenters. The number of carbonyl (C=O) groups excluding carboxylic acids is 1. The second kappa shape index (κ2) is 7.30. The average molecular weight is 349 g/mol. The molecule has 1 saturated heterocycles. The summed E-state index contributed by atoms with van der Waals surface area (Å²) in [6.07, 6.45) is 8.81. The lowest BCUT2D eigenvalue weighted by Crippen LogP contribution is -2.23. The molecule has 1 amide bonds. The first kappa shape index (κ1) is 16.2. The van der Waals surface area contributed by atoms with E-state index in [1.807, 2.05) is 18.3 Å². The zero-order chi connectivity index (χ0) is 17.8. The Labute approximate surface area is 150 Å². The SMILES string of the molecule is O=C(NCc1ccc(N2CCCC2)nc1)c1ccnc(-n2cncn2)c1. The fraction of sp³-hybridized carbons (Fsp3) is 0.278. The second-order valence-corrected chi connectivity index (χ2v) is 6.14. The van der Waals surface area contributed by atoms with Gasteiger partial charge in [-0.1, -0.05) is 6.07 Å². The predicted molar refractivity (Wildman–Crippen MR) is 96.0 cm³/mol. The van der Waals surface area contributed by atoms with Gasteiger partial charge in [0, 0.05) is 37.6 Å². The van der Waals surface area contributed by atoms with E-state index in [9.17, 15) is 4.79 Å². The van der Waals surface area contributed by atoms with E-state index in [2.05, 4.69) is 30.3 Å². The Bertz CT molecular complexity index is 871. The van der Waals surface area contributed by atoms with Crippen LogP contribution in [0.5, 0.6) is 0 Å². The largest absolute Gasteiger partial charge is 0.357 e. The van der Waals surface area contributed by atoms with Crippen LogP contribution in [0.25, 0.3) is 5.82 Å². The molecule has 1 fully saturated rings. The molecule has 1 N–H and O–H groups in total. The topological polar surface area (TPSA) is 88.8 Å². The molecule has 0 aromatic carbocycles. The van der Waals surface area contributed by atoms with Crippen molar-refractivity contribution in [3.63, 3.8) is 0 Å². The molecule has 0 bridgehead atoms. The highest BCUT2D eigenvalue weighted by Crippen LogP contribution is 2.17. The lowest BCUT2D eigenvalue weighted by molar-refractivity contribution is 0.0950. The van der Waals surface area contributed by atoms with Gasteiger partial charge in [0.1, 0.15) is 18.5 Å². The number of hydrogen-bond acceptors (Lipinski definition) is 6. The molecule has 1 aliphatic rings. The van der Waals surface area contributed by atoms with Crippen LogP contribution in [-0.4, -0.2) is 43.7 Å². The summed E-state index contributed by atoms with van der Waals surface area (Å²) in [5.41, 5.74) is 1.49. The Hall–Kier alpha value is -3.29. The summed E-state index contributed by atoms with van der Waals surface area (Å²) in [5.74, 6) is 1.38. The Morgan fingerprint density at radius 3 is 2.73 bits per heavy atom. The highest BCUT2D eigenvalue weighted by Gasteiger charge is 2.13. The summed E-state index contributed by atoms with van der Waals surface area (Å²) in [7, 11) is 0. The third kappa shape index (κ3) is 3.53. The van der Waals surface area contributed by atoms with Gasteiger partial charge in [0.2, 0.25) is 0 Å². The van der Waals surface area contributed by atoms with Crippen molar-refractivity contribution in [2.45, 2.75) is 19.4 Å². The molecule has 1 aliphatic heterocycles. The predicted octanol–water partition coefficient (Wildman–Crippen LogP) is 1.59. The molecule has 0 spiro atoms. The van der Waals surface area contributed by atoms with Gasteiger partial charge >= 0.3 is 0 Å². The van der Waals surface area contributed by atoms with Gasteiger partial charge in [-0.25, -0.2) is 19.6 Å². The molecule has 0 saturated carbocycles. The molecule has 3 aromatic rings. The van der Waals surface area contributed by atoms with Gasteiger partial charge in [-0.2, -0.15) is 5.10 Å². The van der Waals surface area contributed by atoms with Crippen molar-refractivity contribution in [3.8, 4) is 5.82 Å². The first-order chi connectivity index (χ1) is 12.8. The van der Waals surface area contributed by atoms with E-state index in [-0.39, 0.29) is 5.91 Å². The van der Waals surface area contributed by atoms with E-state index in [0.717, 1.165) is 24.5 Å². The molecule has 4 rings (SSSR count). The van der Waals surface area contributed by atoms with Gasteiger partial charge in [-0.05, 0) is 36.6 Å². The van der Waals surface area contributed by atoms with Gasteiger partial charge in [0.05, 0.1) is 0 Å². The zero-order valence-corrected chi connectivity index (χ0v) is 14.2. The van der Waals surface area contributed by atoms with Crippen LogP contribution < -0.4 is 10.2 Å². The standard InChI is InChI=1S/C18H19N7O/c26-18(15-5-6-20-17(9-15)25-13-19-12-23-25)22-11-14-3-4-16(21-10-14)24-7-1-2-8-24/h3-6,9-10,12-13H,1-2,7-8,11H2,(H,22,26). The van der Waals surface area contributed by atoms with Crippen molar-refractivity contribution in [3.05, 3.63) is 60.4 Å². The maximum Gasteiger partial charge on any atom is 0.251 e. The van der Waals surface area contributed by atoms with Gasteiger partial charge in [0.15, 0.2) is 5.82 Å². The van der Waals surface area contributed by atoms with E-state index < -0.39 is 0 Å². The smallest absolute Gasteiger partial charge is 0.251 e. The second-order valence-electron chi connectivity index (χ2n) is 6.14. The lowest BCUT2D eigenvalue weighted by atomic mass is 10.2. The van der Waals surface area contributed by atoms with Gasteiger partial charge < -0.3 is 10.2 Å². The number of nitrogens with zero attached hydrogens (tertiary/aromatic N) is 6. The summed E-state index contributed by atoms with van der Waals surface area (Å²) >= 11 is 0. The molecule has 0 atom stereocenters. The molecule has 0 radical (unpaired) electrons. The maximum atomic E-state index is 12.4. The summed E-state index contributed by atoms with van der Waals surface area (Å²) < 4.78 is 1.51. The quantitative estimate of drug-likeness (QED) is 0.752. The average Bonchev–Trinajstić information content (AvgIpc) is 3.40. The molecule has 4 heterocycles. The van der Waals surface area contributed by atoms with Crippen molar-refractivity contribution in [2.75, 3.05) is 18.0 Å². The Balaban J connectivity index is 1.38.